The zero-order valence-electron chi connectivity index (χ0n) is 16.3. The minimum absolute atomic E-state index is 0.108. The van der Waals surface area contributed by atoms with Crippen LogP contribution in [0.25, 0.3) is 21.5 Å². The summed E-state index contributed by atoms with van der Waals surface area (Å²) in [6, 6.07) is 15.3. The fourth-order valence-corrected chi connectivity index (χ4v) is 4.97. The summed E-state index contributed by atoms with van der Waals surface area (Å²) in [5.41, 5.74) is 3.31. The van der Waals surface area contributed by atoms with Crippen molar-refractivity contribution in [3.05, 3.63) is 64.8 Å². The molecule has 1 aliphatic heterocycles. The maximum atomic E-state index is 12.9. The SMILES string of the molecule is Cc1ccc(Cl)c2sc(N3CCN(C(=O)c4cc(-c5ccccc5)on4)CC3)nc12. The van der Waals surface area contributed by atoms with Gasteiger partial charge in [0.1, 0.15) is 0 Å². The molecule has 5 rings (SSSR count). The Morgan fingerprint density at radius 2 is 1.87 bits per heavy atom. The van der Waals surface area contributed by atoms with E-state index < -0.39 is 0 Å². The largest absolute Gasteiger partial charge is 0.355 e. The molecule has 1 amide bonds. The summed E-state index contributed by atoms with van der Waals surface area (Å²) in [5, 5.41) is 5.66. The molecule has 0 spiro atoms. The van der Waals surface area contributed by atoms with E-state index in [2.05, 4.69) is 10.1 Å². The number of hydrogen-bond donors (Lipinski definition) is 0. The molecule has 8 heteroatoms. The Morgan fingerprint density at radius 1 is 1.10 bits per heavy atom. The first kappa shape index (κ1) is 19.1. The number of nitrogens with zero attached hydrogens (tertiary/aromatic N) is 4. The van der Waals surface area contributed by atoms with Crippen molar-refractivity contribution in [1.82, 2.24) is 15.0 Å². The molecule has 1 saturated heterocycles. The van der Waals surface area contributed by atoms with Gasteiger partial charge in [0.25, 0.3) is 5.91 Å². The first-order valence-corrected chi connectivity index (χ1v) is 10.9. The van der Waals surface area contributed by atoms with Crippen molar-refractivity contribution in [2.24, 2.45) is 0 Å². The highest BCUT2D eigenvalue weighted by Gasteiger charge is 2.26. The lowest BCUT2D eigenvalue weighted by molar-refractivity contribution is 0.0736. The quantitative estimate of drug-likeness (QED) is 0.456. The average molecular weight is 439 g/mol. The molecule has 0 unspecified atom stereocenters. The van der Waals surface area contributed by atoms with Crippen LogP contribution in [0.15, 0.2) is 53.1 Å². The average Bonchev–Trinajstić information content (AvgIpc) is 3.45. The second-order valence-electron chi connectivity index (χ2n) is 7.26. The minimum atomic E-state index is -0.108. The van der Waals surface area contributed by atoms with Gasteiger partial charge in [0.15, 0.2) is 16.6 Å². The number of thiazole rings is 1. The number of amides is 1. The van der Waals surface area contributed by atoms with Crippen LogP contribution >= 0.6 is 22.9 Å². The summed E-state index contributed by atoms with van der Waals surface area (Å²) in [6.07, 6.45) is 0. The standard InChI is InChI=1S/C22H19ClN4O2S/c1-14-7-8-16(23)20-19(14)24-22(30-20)27-11-9-26(10-12-27)21(28)17-13-18(29-25-17)15-5-3-2-4-6-15/h2-8,13H,9-12H2,1H3. The first-order chi connectivity index (χ1) is 14.6. The van der Waals surface area contributed by atoms with Gasteiger partial charge in [0, 0.05) is 37.8 Å². The van der Waals surface area contributed by atoms with Crippen molar-refractivity contribution < 1.29 is 9.32 Å². The molecule has 0 radical (unpaired) electrons. The molecule has 30 heavy (non-hydrogen) atoms. The summed E-state index contributed by atoms with van der Waals surface area (Å²) in [6.45, 7) is 4.68. The predicted molar refractivity (Wildman–Crippen MR) is 119 cm³/mol. The molecule has 6 nitrogen and oxygen atoms in total. The number of rotatable bonds is 3. The third-order valence-corrected chi connectivity index (χ3v) is 6.89. The predicted octanol–water partition coefficient (Wildman–Crippen LogP) is 4.88. The van der Waals surface area contributed by atoms with Crippen molar-refractivity contribution in [3.8, 4) is 11.3 Å². The van der Waals surface area contributed by atoms with Crippen LogP contribution in [0.2, 0.25) is 5.02 Å². The summed E-state index contributed by atoms with van der Waals surface area (Å²) in [5.74, 6) is 0.489. The van der Waals surface area contributed by atoms with Crippen molar-refractivity contribution >= 4 is 44.2 Å². The lowest BCUT2D eigenvalue weighted by Gasteiger charge is -2.34. The monoisotopic (exact) mass is 438 g/mol. The Kier molecular flexibility index (Phi) is 4.92. The van der Waals surface area contributed by atoms with Crippen LogP contribution < -0.4 is 4.90 Å². The molecule has 0 aliphatic carbocycles. The highest BCUT2D eigenvalue weighted by Crippen LogP contribution is 2.36. The minimum Gasteiger partial charge on any atom is -0.355 e. The number of hydrogen-bond acceptors (Lipinski definition) is 6. The van der Waals surface area contributed by atoms with E-state index in [0.29, 0.717) is 37.6 Å². The molecule has 0 atom stereocenters. The number of aryl methyl sites for hydroxylation is 1. The lowest BCUT2D eigenvalue weighted by Crippen LogP contribution is -2.48. The molecule has 152 valence electrons. The summed E-state index contributed by atoms with van der Waals surface area (Å²) in [7, 11) is 0. The molecule has 0 bridgehead atoms. The van der Waals surface area contributed by atoms with Crippen LogP contribution in [-0.4, -0.2) is 47.1 Å². The van der Waals surface area contributed by atoms with E-state index in [0.717, 1.165) is 31.5 Å². The van der Waals surface area contributed by atoms with Crippen LogP contribution in [0.3, 0.4) is 0 Å². The first-order valence-electron chi connectivity index (χ1n) is 9.72. The van der Waals surface area contributed by atoms with Gasteiger partial charge in [0.2, 0.25) is 0 Å². The second-order valence-corrected chi connectivity index (χ2v) is 8.64. The number of benzene rings is 2. The number of carbonyl (C=O) groups excluding carboxylic acids is 1. The molecular formula is C22H19ClN4O2S. The van der Waals surface area contributed by atoms with Crippen LogP contribution in [0.1, 0.15) is 16.1 Å². The Balaban J connectivity index is 1.28. The lowest BCUT2D eigenvalue weighted by atomic mass is 10.1. The van der Waals surface area contributed by atoms with Crippen LogP contribution in [0.4, 0.5) is 5.13 Å². The van der Waals surface area contributed by atoms with Crippen molar-refractivity contribution in [2.45, 2.75) is 6.92 Å². The second kappa shape index (κ2) is 7.74. The summed E-state index contributed by atoms with van der Waals surface area (Å²) < 4.78 is 6.40. The molecule has 3 heterocycles. The van der Waals surface area contributed by atoms with Gasteiger partial charge in [-0.3, -0.25) is 4.79 Å². The van der Waals surface area contributed by atoms with Gasteiger partial charge in [-0.25, -0.2) is 4.98 Å². The van der Waals surface area contributed by atoms with E-state index in [-0.39, 0.29) is 5.91 Å². The van der Waals surface area contributed by atoms with Gasteiger partial charge >= 0.3 is 0 Å². The third kappa shape index (κ3) is 3.44. The highest BCUT2D eigenvalue weighted by atomic mass is 35.5. The molecule has 2 aromatic heterocycles. The van der Waals surface area contributed by atoms with E-state index in [9.17, 15) is 4.79 Å². The Labute approximate surface area is 182 Å². The van der Waals surface area contributed by atoms with Gasteiger partial charge in [-0.05, 0) is 18.6 Å². The zero-order valence-corrected chi connectivity index (χ0v) is 17.9. The van der Waals surface area contributed by atoms with Gasteiger partial charge in [-0.2, -0.15) is 0 Å². The number of anilines is 1. The maximum Gasteiger partial charge on any atom is 0.276 e. The number of fused-ring (bicyclic) bond motifs is 1. The molecule has 1 aliphatic rings. The number of halogens is 1. The van der Waals surface area contributed by atoms with Gasteiger partial charge in [0.05, 0.1) is 15.2 Å². The Morgan fingerprint density at radius 3 is 2.60 bits per heavy atom. The van der Waals surface area contributed by atoms with Crippen molar-refractivity contribution in [1.29, 1.82) is 0 Å². The molecule has 0 N–H and O–H groups in total. The maximum absolute atomic E-state index is 12.9. The van der Waals surface area contributed by atoms with Crippen molar-refractivity contribution in [3.63, 3.8) is 0 Å². The fourth-order valence-electron chi connectivity index (χ4n) is 3.60. The van der Waals surface area contributed by atoms with Crippen LogP contribution in [-0.2, 0) is 0 Å². The summed E-state index contributed by atoms with van der Waals surface area (Å²) >= 11 is 7.95. The Bertz CT molecular complexity index is 1170. The topological polar surface area (TPSA) is 62.5 Å². The highest BCUT2D eigenvalue weighted by molar-refractivity contribution is 7.22. The molecular weight excluding hydrogens is 420 g/mol. The van der Waals surface area contributed by atoms with Gasteiger partial charge in [-0.1, -0.05) is 64.5 Å². The van der Waals surface area contributed by atoms with E-state index in [4.69, 9.17) is 21.1 Å². The zero-order chi connectivity index (χ0) is 20.7. The van der Waals surface area contributed by atoms with E-state index in [1.807, 2.05) is 54.3 Å². The van der Waals surface area contributed by atoms with Gasteiger partial charge in [-0.15, -0.1) is 0 Å². The van der Waals surface area contributed by atoms with Crippen LogP contribution in [0, 0.1) is 6.92 Å². The van der Waals surface area contributed by atoms with E-state index in [1.54, 1.807) is 17.4 Å². The number of carbonyl (C=O) groups is 1. The Hall–Kier alpha value is -2.90. The summed E-state index contributed by atoms with van der Waals surface area (Å²) in [4.78, 5) is 21.7. The number of aromatic nitrogens is 2. The molecule has 2 aromatic carbocycles. The van der Waals surface area contributed by atoms with E-state index in [1.165, 1.54) is 0 Å². The molecule has 0 saturated carbocycles. The number of piperazine rings is 1. The van der Waals surface area contributed by atoms with E-state index >= 15 is 0 Å². The van der Waals surface area contributed by atoms with Crippen molar-refractivity contribution in [2.75, 3.05) is 31.1 Å². The normalized spacial score (nSPS) is 14.5. The van der Waals surface area contributed by atoms with Crippen LogP contribution in [0.5, 0.6) is 0 Å². The smallest absolute Gasteiger partial charge is 0.276 e. The fraction of sp³-hybridized carbons (Fsp3) is 0.227. The molecule has 1 fully saturated rings. The third-order valence-electron chi connectivity index (χ3n) is 5.31. The molecule has 4 aromatic rings. The van der Waals surface area contributed by atoms with Gasteiger partial charge < -0.3 is 14.3 Å².